The van der Waals surface area contributed by atoms with E-state index in [-0.39, 0.29) is 12.1 Å². The average molecular weight is 223 g/mol. The van der Waals surface area contributed by atoms with E-state index in [2.05, 4.69) is 25.2 Å². The van der Waals surface area contributed by atoms with E-state index in [4.69, 9.17) is 9.84 Å². The van der Waals surface area contributed by atoms with Crippen LogP contribution in [-0.2, 0) is 6.54 Å². The molecule has 1 rings (SSSR count). The molecule has 0 amide bonds. The van der Waals surface area contributed by atoms with Gasteiger partial charge in [-0.2, -0.15) is 0 Å². The van der Waals surface area contributed by atoms with Gasteiger partial charge in [0.1, 0.15) is 5.75 Å². The van der Waals surface area contributed by atoms with E-state index in [0.29, 0.717) is 0 Å². The first-order valence-electron chi connectivity index (χ1n) is 5.56. The van der Waals surface area contributed by atoms with Gasteiger partial charge in [0.2, 0.25) is 0 Å². The third-order valence-electron chi connectivity index (χ3n) is 2.64. The van der Waals surface area contributed by atoms with Crippen LogP contribution in [0.4, 0.5) is 0 Å². The van der Waals surface area contributed by atoms with Crippen molar-refractivity contribution in [2.24, 2.45) is 0 Å². The largest absolute Gasteiger partial charge is 0.497 e. The fraction of sp³-hybridized carbons (Fsp3) is 0.538. The molecule has 0 atom stereocenters. The van der Waals surface area contributed by atoms with Crippen LogP contribution in [0.15, 0.2) is 24.3 Å². The van der Waals surface area contributed by atoms with Crippen LogP contribution in [0.2, 0.25) is 0 Å². The second-order valence-corrected chi connectivity index (χ2v) is 4.56. The van der Waals surface area contributed by atoms with E-state index in [1.165, 1.54) is 5.56 Å². The number of rotatable bonds is 6. The molecule has 3 nitrogen and oxygen atoms in total. The molecule has 0 radical (unpaired) electrons. The second-order valence-electron chi connectivity index (χ2n) is 4.56. The summed E-state index contributed by atoms with van der Waals surface area (Å²) in [7, 11) is 1.67. The summed E-state index contributed by atoms with van der Waals surface area (Å²) in [5, 5.41) is 12.3. The Bertz CT molecular complexity index is 323. The number of nitrogens with one attached hydrogen (secondary N) is 1. The molecular weight excluding hydrogens is 202 g/mol. The Kier molecular flexibility index (Phi) is 4.77. The van der Waals surface area contributed by atoms with Gasteiger partial charge in [-0.1, -0.05) is 12.1 Å². The van der Waals surface area contributed by atoms with E-state index in [1.807, 2.05) is 18.2 Å². The van der Waals surface area contributed by atoms with Gasteiger partial charge in [-0.25, -0.2) is 0 Å². The smallest absolute Gasteiger partial charge is 0.119 e. The molecule has 0 unspecified atom stereocenters. The maximum Gasteiger partial charge on any atom is 0.119 e. The first-order chi connectivity index (χ1) is 7.57. The summed E-state index contributed by atoms with van der Waals surface area (Å²) in [5.41, 5.74) is 1.14. The predicted molar refractivity (Wildman–Crippen MR) is 65.6 cm³/mol. The minimum atomic E-state index is -0.0438. The zero-order chi connectivity index (χ0) is 12.0. The van der Waals surface area contributed by atoms with Crippen molar-refractivity contribution in [3.63, 3.8) is 0 Å². The highest BCUT2D eigenvalue weighted by molar-refractivity contribution is 5.28. The lowest BCUT2D eigenvalue weighted by molar-refractivity contribution is 0.230. The molecule has 0 aliphatic rings. The van der Waals surface area contributed by atoms with Gasteiger partial charge in [0.05, 0.1) is 7.11 Å². The van der Waals surface area contributed by atoms with E-state index in [9.17, 15) is 0 Å². The summed E-state index contributed by atoms with van der Waals surface area (Å²) < 4.78 is 5.17. The highest BCUT2D eigenvalue weighted by Gasteiger charge is 2.15. The molecule has 0 spiro atoms. The summed E-state index contributed by atoms with van der Waals surface area (Å²) in [6.07, 6.45) is 0.747. The van der Waals surface area contributed by atoms with Gasteiger partial charge in [-0.3, -0.25) is 0 Å². The van der Waals surface area contributed by atoms with Crippen LogP contribution in [0.1, 0.15) is 25.8 Å². The number of hydrogen-bond donors (Lipinski definition) is 2. The van der Waals surface area contributed by atoms with Crippen molar-refractivity contribution in [2.45, 2.75) is 32.4 Å². The van der Waals surface area contributed by atoms with Crippen LogP contribution in [-0.4, -0.2) is 24.4 Å². The first-order valence-corrected chi connectivity index (χ1v) is 5.56. The Hall–Kier alpha value is -1.06. The van der Waals surface area contributed by atoms with Crippen LogP contribution >= 0.6 is 0 Å². The Balaban J connectivity index is 2.53. The standard InChI is InChI=1S/C13H21NO2/c1-13(2,7-8-15)14-10-11-5-4-6-12(9-11)16-3/h4-6,9,14-15H,7-8,10H2,1-3H3. The molecule has 1 aromatic rings. The fourth-order valence-electron chi connectivity index (χ4n) is 1.49. The highest BCUT2D eigenvalue weighted by atomic mass is 16.5. The maximum atomic E-state index is 8.92. The molecule has 0 aliphatic carbocycles. The summed E-state index contributed by atoms with van der Waals surface area (Å²) in [5.74, 6) is 0.874. The number of aliphatic hydroxyl groups is 1. The van der Waals surface area contributed by atoms with Gasteiger partial charge < -0.3 is 15.2 Å². The molecule has 0 bridgehead atoms. The number of benzene rings is 1. The first kappa shape index (κ1) is 13.0. The van der Waals surface area contributed by atoms with Crippen LogP contribution in [0.5, 0.6) is 5.75 Å². The number of methoxy groups -OCH3 is 1. The zero-order valence-electron chi connectivity index (χ0n) is 10.3. The summed E-state index contributed by atoms with van der Waals surface area (Å²) in [4.78, 5) is 0. The number of aliphatic hydroxyl groups excluding tert-OH is 1. The lowest BCUT2D eigenvalue weighted by atomic mass is 10.0. The Morgan fingerprint density at radius 2 is 2.12 bits per heavy atom. The van der Waals surface area contributed by atoms with Crippen molar-refractivity contribution in [3.8, 4) is 5.75 Å². The van der Waals surface area contributed by atoms with Crippen molar-refractivity contribution in [1.29, 1.82) is 0 Å². The van der Waals surface area contributed by atoms with Crippen molar-refractivity contribution >= 4 is 0 Å². The molecule has 3 heteroatoms. The Labute approximate surface area is 97.4 Å². The minimum absolute atomic E-state index is 0.0438. The molecular formula is C13H21NO2. The quantitative estimate of drug-likeness (QED) is 0.774. The average Bonchev–Trinajstić information content (AvgIpc) is 2.27. The van der Waals surface area contributed by atoms with E-state index in [0.717, 1.165) is 18.7 Å². The van der Waals surface area contributed by atoms with Crippen molar-refractivity contribution in [3.05, 3.63) is 29.8 Å². The minimum Gasteiger partial charge on any atom is -0.497 e. The van der Waals surface area contributed by atoms with E-state index < -0.39 is 0 Å². The van der Waals surface area contributed by atoms with Crippen molar-refractivity contribution in [2.75, 3.05) is 13.7 Å². The monoisotopic (exact) mass is 223 g/mol. The normalized spacial score (nSPS) is 11.5. The second kappa shape index (κ2) is 5.87. The third kappa shape index (κ3) is 4.21. The lowest BCUT2D eigenvalue weighted by Gasteiger charge is -2.25. The molecule has 16 heavy (non-hydrogen) atoms. The number of hydrogen-bond acceptors (Lipinski definition) is 3. The fourth-order valence-corrected chi connectivity index (χ4v) is 1.49. The molecule has 90 valence electrons. The Morgan fingerprint density at radius 1 is 1.38 bits per heavy atom. The maximum absolute atomic E-state index is 8.92. The zero-order valence-corrected chi connectivity index (χ0v) is 10.3. The molecule has 0 aromatic heterocycles. The van der Waals surface area contributed by atoms with Gasteiger partial charge in [0.15, 0.2) is 0 Å². The molecule has 0 fully saturated rings. The summed E-state index contributed by atoms with van der Waals surface area (Å²) in [6, 6.07) is 7.99. The molecule has 0 heterocycles. The van der Waals surface area contributed by atoms with Gasteiger partial charge >= 0.3 is 0 Å². The van der Waals surface area contributed by atoms with Crippen LogP contribution in [0.25, 0.3) is 0 Å². The van der Waals surface area contributed by atoms with Crippen LogP contribution in [0.3, 0.4) is 0 Å². The predicted octanol–water partition coefficient (Wildman–Crippen LogP) is 1.95. The SMILES string of the molecule is COc1cccc(CNC(C)(C)CCO)c1. The van der Waals surface area contributed by atoms with Crippen molar-refractivity contribution in [1.82, 2.24) is 5.32 Å². The topological polar surface area (TPSA) is 41.5 Å². The highest BCUT2D eigenvalue weighted by Crippen LogP contribution is 2.14. The van der Waals surface area contributed by atoms with Gasteiger partial charge in [-0.15, -0.1) is 0 Å². The van der Waals surface area contributed by atoms with Crippen molar-refractivity contribution < 1.29 is 9.84 Å². The van der Waals surface area contributed by atoms with Crippen LogP contribution in [0, 0.1) is 0 Å². The number of ether oxygens (including phenoxy) is 1. The van der Waals surface area contributed by atoms with Crippen LogP contribution < -0.4 is 10.1 Å². The molecule has 1 aromatic carbocycles. The summed E-state index contributed by atoms with van der Waals surface area (Å²) >= 11 is 0. The molecule has 2 N–H and O–H groups in total. The van der Waals surface area contributed by atoms with Gasteiger partial charge in [0, 0.05) is 18.7 Å². The Morgan fingerprint density at radius 3 is 2.75 bits per heavy atom. The molecule has 0 saturated carbocycles. The summed E-state index contributed by atoms with van der Waals surface area (Å²) in [6.45, 7) is 5.16. The molecule has 0 aliphatic heterocycles. The lowest BCUT2D eigenvalue weighted by Crippen LogP contribution is -2.39. The van der Waals surface area contributed by atoms with E-state index in [1.54, 1.807) is 7.11 Å². The molecule has 0 saturated heterocycles. The van der Waals surface area contributed by atoms with E-state index >= 15 is 0 Å². The van der Waals surface area contributed by atoms with Gasteiger partial charge in [0.25, 0.3) is 0 Å². The van der Waals surface area contributed by atoms with Gasteiger partial charge in [-0.05, 0) is 38.0 Å². The third-order valence-corrected chi connectivity index (χ3v) is 2.64.